The lowest BCUT2D eigenvalue weighted by Gasteiger charge is -2.18. The second kappa shape index (κ2) is 14.6. The number of nitrogens with zero attached hydrogens (tertiary/aromatic N) is 3. The zero-order valence-electron chi connectivity index (χ0n) is 32.5. The highest BCUT2D eigenvalue weighted by Crippen LogP contribution is 2.44. The van der Waals surface area contributed by atoms with Gasteiger partial charge >= 0.3 is 0 Å². The van der Waals surface area contributed by atoms with Gasteiger partial charge in [0, 0.05) is 16.7 Å². The number of aromatic nitrogens is 2. The second-order valence-corrected chi connectivity index (χ2v) is 15.2. The molecule has 0 unspecified atom stereocenters. The summed E-state index contributed by atoms with van der Waals surface area (Å²) in [7, 11) is 0. The Morgan fingerprint density at radius 3 is 1.37 bits per heavy atom. The van der Waals surface area contributed by atoms with E-state index in [1.807, 2.05) is 42.5 Å². The summed E-state index contributed by atoms with van der Waals surface area (Å²) in [5.74, 6) is 0.677. The maximum atomic E-state index is 9.39. The fourth-order valence-electron chi connectivity index (χ4n) is 8.86. The predicted octanol–water partition coefficient (Wildman–Crippen LogP) is 15.0. The molecule has 10 aromatic carbocycles. The van der Waals surface area contributed by atoms with E-state index >= 15 is 0 Å². The Morgan fingerprint density at radius 1 is 0.317 bits per heavy atom. The molecule has 0 aliphatic carbocycles. The number of hydrogen-bond donors (Lipinski definition) is 0. The molecule has 0 aliphatic heterocycles. The standard InChI is InChI=1S/C57H35N3/c58-36-37-23-25-38(26-24-37)45-31-32-48(47-18-8-7-17-46(45)47)54-35-53(59-57(60-54)40-15-5-2-6-16-40)43-29-27-42-34-44(30-28-41(42)33-43)56-51-21-11-9-19-49(51)55(39-13-3-1-4-14-39)50-20-10-12-22-52(50)56/h1-35H. The monoisotopic (exact) mass is 761 g/mol. The third-order valence-corrected chi connectivity index (χ3v) is 11.7. The maximum absolute atomic E-state index is 9.39. The van der Waals surface area contributed by atoms with Gasteiger partial charge in [-0.1, -0.05) is 182 Å². The molecule has 1 aromatic heterocycles. The van der Waals surface area contributed by atoms with Crippen LogP contribution in [0.4, 0.5) is 0 Å². The minimum Gasteiger partial charge on any atom is -0.228 e. The number of nitriles is 1. The van der Waals surface area contributed by atoms with Gasteiger partial charge in [0.2, 0.25) is 0 Å². The van der Waals surface area contributed by atoms with E-state index in [1.54, 1.807) is 0 Å². The molecule has 0 radical (unpaired) electrons. The molecule has 11 aromatic rings. The zero-order valence-corrected chi connectivity index (χ0v) is 32.5. The summed E-state index contributed by atoms with van der Waals surface area (Å²) in [6.45, 7) is 0. The average molecular weight is 762 g/mol. The number of rotatable bonds is 6. The van der Waals surface area contributed by atoms with Crippen molar-refractivity contribution in [3.63, 3.8) is 0 Å². The van der Waals surface area contributed by atoms with E-state index in [4.69, 9.17) is 9.97 Å². The highest BCUT2D eigenvalue weighted by Gasteiger charge is 2.18. The van der Waals surface area contributed by atoms with Gasteiger partial charge in [0.25, 0.3) is 0 Å². The van der Waals surface area contributed by atoms with Crippen LogP contribution in [-0.4, -0.2) is 9.97 Å². The van der Waals surface area contributed by atoms with Crippen LogP contribution in [0, 0.1) is 11.3 Å². The van der Waals surface area contributed by atoms with Crippen LogP contribution in [0.15, 0.2) is 212 Å². The first-order valence-electron chi connectivity index (χ1n) is 20.2. The Labute approximate surface area is 348 Å². The molecule has 278 valence electrons. The third kappa shape index (κ3) is 6.07. The highest BCUT2D eigenvalue weighted by atomic mass is 14.9. The van der Waals surface area contributed by atoms with Gasteiger partial charge < -0.3 is 0 Å². The van der Waals surface area contributed by atoms with E-state index in [0.29, 0.717) is 11.4 Å². The van der Waals surface area contributed by atoms with Crippen molar-refractivity contribution in [2.24, 2.45) is 0 Å². The van der Waals surface area contributed by atoms with E-state index in [9.17, 15) is 5.26 Å². The molecule has 0 atom stereocenters. The van der Waals surface area contributed by atoms with Crippen molar-refractivity contribution >= 4 is 43.1 Å². The number of benzene rings is 10. The molecule has 0 amide bonds. The maximum Gasteiger partial charge on any atom is 0.160 e. The first-order valence-corrected chi connectivity index (χ1v) is 20.2. The lowest BCUT2D eigenvalue weighted by molar-refractivity contribution is 1.19. The summed E-state index contributed by atoms with van der Waals surface area (Å²) in [5.41, 5.74) is 12.5. The topological polar surface area (TPSA) is 49.6 Å². The molecule has 1 heterocycles. The van der Waals surface area contributed by atoms with Crippen molar-refractivity contribution in [3.05, 3.63) is 218 Å². The normalized spacial score (nSPS) is 11.3. The van der Waals surface area contributed by atoms with Crippen LogP contribution in [0.2, 0.25) is 0 Å². The van der Waals surface area contributed by atoms with Gasteiger partial charge in [-0.25, -0.2) is 9.97 Å². The quantitative estimate of drug-likeness (QED) is 0.159. The summed E-state index contributed by atoms with van der Waals surface area (Å²) in [5, 5.41) is 18.9. The van der Waals surface area contributed by atoms with E-state index < -0.39 is 0 Å². The summed E-state index contributed by atoms with van der Waals surface area (Å²) in [6, 6.07) is 77.0. The smallest absolute Gasteiger partial charge is 0.160 e. The van der Waals surface area contributed by atoms with Crippen LogP contribution in [-0.2, 0) is 0 Å². The van der Waals surface area contributed by atoms with Crippen molar-refractivity contribution in [1.82, 2.24) is 9.97 Å². The first kappa shape index (κ1) is 35.0. The molecule has 0 bridgehead atoms. The summed E-state index contributed by atoms with van der Waals surface area (Å²) >= 11 is 0. The van der Waals surface area contributed by atoms with Gasteiger partial charge in [-0.05, 0) is 107 Å². The van der Waals surface area contributed by atoms with E-state index in [0.717, 1.165) is 55.4 Å². The summed E-state index contributed by atoms with van der Waals surface area (Å²) in [6.07, 6.45) is 0. The average Bonchev–Trinajstić information content (AvgIpc) is 3.33. The van der Waals surface area contributed by atoms with Crippen molar-refractivity contribution in [1.29, 1.82) is 5.26 Å². The van der Waals surface area contributed by atoms with Gasteiger partial charge in [0.1, 0.15) is 0 Å². The molecular weight excluding hydrogens is 727 g/mol. The molecule has 0 aliphatic rings. The fraction of sp³-hybridized carbons (Fsp3) is 0. The van der Waals surface area contributed by atoms with Crippen molar-refractivity contribution in [2.75, 3.05) is 0 Å². The van der Waals surface area contributed by atoms with E-state index in [-0.39, 0.29) is 0 Å². The molecule has 0 N–H and O–H groups in total. The van der Waals surface area contributed by atoms with Crippen molar-refractivity contribution < 1.29 is 0 Å². The lowest BCUT2D eigenvalue weighted by Crippen LogP contribution is -1.97. The number of hydrogen-bond acceptors (Lipinski definition) is 3. The van der Waals surface area contributed by atoms with Gasteiger partial charge in [-0.3, -0.25) is 0 Å². The second-order valence-electron chi connectivity index (χ2n) is 15.2. The molecule has 3 heteroatoms. The largest absolute Gasteiger partial charge is 0.228 e. The SMILES string of the molecule is N#Cc1ccc(-c2ccc(-c3cc(-c4ccc5cc(-c6c7ccccc7c(-c7ccccc7)c7ccccc67)ccc5c4)nc(-c4ccccc4)n3)c3ccccc23)cc1. The van der Waals surface area contributed by atoms with Crippen LogP contribution in [0.5, 0.6) is 0 Å². The van der Waals surface area contributed by atoms with Gasteiger partial charge in [-0.2, -0.15) is 5.26 Å². The van der Waals surface area contributed by atoms with Gasteiger partial charge in [-0.15, -0.1) is 0 Å². The third-order valence-electron chi connectivity index (χ3n) is 11.7. The predicted molar refractivity (Wildman–Crippen MR) is 249 cm³/mol. The Morgan fingerprint density at radius 2 is 0.767 bits per heavy atom. The van der Waals surface area contributed by atoms with Crippen LogP contribution >= 0.6 is 0 Å². The Kier molecular flexibility index (Phi) is 8.54. The minimum absolute atomic E-state index is 0.645. The summed E-state index contributed by atoms with van der Waals surface area (Å²) < 4.78 is 0. The van der Waals surface area contributed by atoms with Crippen molar-refractivity contribution in [3.8, 4) is 73.4 Å². The molecular formula is C57H35N3. The van der Waals surface area contributed by atoms with Crippen LogP contribution in [0.25, 0.3) is 110 Å². The molecule has 0 spiro atoms. The first-order chi connectivity index (χ1) is 29.7. The van der Waals surface area contributed by atoms with Crippen molar-refractivity contribution in [2.45, 2.75) is 0 Å². The molecule has 11 rings (SSSR count). The molecule has 60 heavy (non-hydrogen) atoms. The van der Waals surface area contributed by atoms with Gasteiger partial charge in [0.05, 0.1) is 23.0 Å². The molecule has 0 saturated heterocycles. The van der Waals surface area contributed by atoms with Crippen LogP contribution in [0.3, 0.4) is 0 Å². The molecule has 3 nitrogen and oxygen atoms in total. The minimum atomic E-state index is 0.645. The molecule has 0 fully saturated rings. The fourth-order valence-corrected chi connectivity index (χ4v) is 8.86. The van der Waals surface area contributed by atoms with Crippen LogP contribution < -0.4 is 0 Å². The van der Waals surface area contributed by atoms with E-state index in [1.165, 1.54) is 49.2 Å². The molecule has 0 saturated carbocycles. The number of fused-ring (bicyclic) bond motifs is 4. The summed E-state index contributed by atoms with van der Waals surface area (Å²) in [4.78, 5) is 10.4. The highest BCUT2D eigenvalue weighted by molar-refractivity contribution is 6.21. The Balaban J connectivity index is 1.05. The van der Waals surface area contributed by atoms with Gasteiger partial charge in [0.15, 0.2) is 5.82 Å². The lowest BCUT2D eigenvalue weighted by atomic mass is 9.85. The Bertz CT molecular complexity index is 3420. The zero-order chi connectivity index (χ0) is 40.0. The Hall–Kier alpha value is -8.19. The van der Waals surface area contributed by atoms with E-state index in [2.05, 4.69) is 176 Å². The van der Waals surface area contributed by atoms with Crippen LogP contribution in [0.1, 0.15) is 5.56 Å².